The van der Waals surface area contributed by atoms with E-state index in [2.05, 4.69) is 10.00 Å². The molecule has 5 rings (SSSR count). The molecule has 35 heavy (non-hydrogen) atoms. The molecule has 0 radical (unpaired) electrons. The van der Waals surface area contributed by atoms with Crippen LogP contribution in [0.4, 0.5) is 0 Å². The van der Waals surface area contributed by atoms with E-state index in [1.54, 1.807) is 12.1 Å². The van der Waals surface area contributed by atoms with E-state index in [9.17, 15) is 9.59 Å². The van der Waals surface area contributed by atoms with E-state index >= 15 is 0 Å². The van der Waals surface area contributed by atoms with Crippen LogP contribution in [0.3, 0.4) is 0 Å². The number of hydrogen-bond acceptors (Lipinski definition) is 6. The fraction of sp³-hybridized carbons (Fsp3) is 0.423. The maximum Gasteiger partial charge on any atom is 0.351 e. The molecule has 0 spiro atoms. The first-order valence-electron chi connectivity index (χ1n) is 12.0. The maximum atomic E-state index is 13.4. The molecule has 2 fully saturated rings. The Morgan fingerprint density at radius 2 is 1.83 bits per heavy atom. The first-order valence-corrected chi connectivity index (χ1v) is 12.4. The van der Waals surface area contributed by atoms with Crippen LogP contribution in [0.25, 0.3) is 17.1 Å². The summed E-state index contributed by atoms with van der Waals surface area (Å²) in [6.45, 7) is 5.64. The third-order valence-electron chi connectivity index (χ3n) is 6.50. The Labute approximate surface area is 209 Å². The summed E-state index contributed by atoms with van der Waals surface area (Å²) in [6, 6.07) is 15.0. The molecular formula is C26H29ClN4O4. The van der Waals surface area contributed by atoms with Crippen molar-refractivity contribution >= 4 is 17.4 Å². The second-order valence-corrected chi connectivity index (χ2v) is 9.57. The average molecular weight is 497 g/mol. The highest BCUT2D eigenvalue weighted by Crippen LogP contribution is 2.22. The van der Waals surface area contributed by atoms with Crippen molar-refractivity contribution in [2.45, 2.75) is 19.4 Å². The number of rotatable bonds is 9. The third kappa shape index (κ3) is 5.73. The van der Waals surface area contributed by atoms with Crippen LogP contribution in [-0.2, 0) is 27.2 Å². The van der Waals surface area contributed by atoms with Gasteiger partial charge in [-0.15, -0.1) is 5.10 Å². The van der Waals surface area contributed by atoms with Crippen molar-refractivity contribution in [3.05, 3.63) is 69.6 Å². The molecule has 0 bridgehead atoms. The molecule has 3 heterocycles. The molecule has 0 N–H and O–H groups in total. The summed E-state index contributed by atoms with van der Waals surface area (Å²) in [5, 5.41) is 5.16. The Hall–Kier alpha value is -2.78. The maximum absolute atomic E-state index is 13.4. The number of carbonyl (C=O) groups excluding carboxylic acids is 1. The molecule has 0 aliphatic carbocycles. The Kier molecular flexibility index (Phi) is 7.43. The van der Waals surface area contributed by atoms with Crippen molar-refractivity contribution in [1.82, 2.24) is 19.2 Å². The van der Waals surface area contributed by atoms with Crippen LogP contribution in [0, 0.1) is 5.92 Å². The van der Waals surface area contributed by atoms with Gasteiger partial charge in [-0.1, -0.05) is 35.9 Å². The molecule has 9 heteroatoms. The van der Waals surface area contributed by atoms with Gasteiger partial charge in [0.15, 0.2) is 11.6 Å². The van der Waals surface area contributed by atoms with Crippen LogP contribution in [-0.4, -0.2) is 71.1 Å². The van der Waals surface area contributed by atoms with E-state index in [0.29, 0.717) is 41.7 Å². The lowest BCUT2D eigenvalue weighted by molar-refractivity contribution is -0.125. The van der Waals surface area contributed by atoms with Crippen molar-refractivity contribution in [2.75, 3.05) is 46.1 Å². The van der Waals surface area contributed by atoms with Gasteiger partial charge in [-0.2, -0.15) is 4.68 Å². The van der Waals surface area contributed by atoms with Crippen LogP contribution in [0.2, 0.25) is 5.02 Å². The number of nitrogens with zero attached hydrogens (tertiary/aromatic N) is 4. The van der Waals surface area contributed by atoms with E-state index in [-0.39, 0.29) is 23.9 Å². The smallest absolute Gasteiger partial charge is 0.351 e. The molecule has 2 aliphatic heterocycles. The Balaban J connectivity index is 1.39. The first kappa shape index (κ1) is 23.9. The van der Waals surface area contributed by atoms with E-state index in [4.69, 9.17) is 21.1 Å². The number of Topliss-reactive ketones (excluding diaryl/α,β-unsaturated/α-hetero) is 1. The summed E-state index contributed by atoms with van der Waals surface area (Å²) < 4.78 is 13.4. The molecule has 8 nitrogen and oxygen atoms in total. The molecule has 1 aromatic heterocycles. The average Bonchev–Trinajstić information content (AvgIpc) is 3.17. The zero-order chi connectivity index (χ0) is 24.2. The van der Waals surface area contributed by atoms with Gasteiger partial charge < -0.3 is 9.47 Å². The fourth-order valence-corrected chi connectivity index (χ4v) is 4.62. The number of hydrogen-bond donors (Lipinski definition) is 0. The second-order valence-electron chi connectivity index (χ2n) is 9.13. The lowest BCUT2D eigenvalue weighted by Crippen LogP contribution is -2.37. The molecule has 0 amide bonds. The third-order valence-corrected chi connectivity index (χ3v) is 6.74. The van der Waals surface area contributed by atoms with Gasteiger partial charge in [-0.05, 0) is 36.2 Å². The normalized spacial score (nSPS) is 16.8. The summed E-state index contributed by atoms with van der Waals surface area (Å²) >= 11 is 6.20. The Morgan fingerprint density at radius 1 is 1.06 bits per heavy atom. The predicted molar refractivity (Wildman–Crippen MR) is 133 cm³/mol. The minimum absolute atomic E-state index is 0.0123. The summed E-state index contributed by atoms with van der Waals surface area (Å²) in [5.74, 6) is 0.640. The van der Waals surface area contributed by atoms with Gasteiger partial charge in [-0.25, -0.2) is 4.79 Å². The van der Waals surface area contributed by atoms with Gasteiger partial charge >= 0.3 is 5.69 Å². The van der Waals surface area contributed by atoms with E-state index in [1.165, 1.54) is 14.8 Å². The molecule has 2 saturated heterocycles. The van der Waals surface area contributed by atoms with E-state index in [1.807, 2.05) is 36.4 Å². The van der Waals surface area contributed by atoms with E-state index in [0.717, 1.165) is 39.3 Å². The van der Waals surface area contributed by atoms with Crippen molar-refractivity contribution in [1.29, 1.82) is 0 Å². The molecule has 0 atom stereocenters. The lowest BCUT2D eigenvalue weighted by atomic mass is 10.0. The van der Waals surface area contributed by atoms with Gasteiger partial charge in [-0.3, -0.25) is 14.3 Å². The van der Waals surface area contributed by atoms with Crippen LogP contribution in [0.1, 0.15) is 12.0 Å². The number of ketones is 1. The summed E-state index contributed by atoms with van der Waals surface area (Å²) in [6.07, 6.45) is 1.32. The summed E-state index contributed by atoms with van der Waals surface area (Å²) in [4.78, 5) is 28.5. The van der Waals surface area contributed by atoms with Crippen molar-refractivity contribution in [3.63, 3.8) is 0 Å². The molecule has 184 valence electrons. The van der Waals surface area contributed by atoms with Crippen LogP contribution in [0.15, 0.2) is 53.3 Å². The van der Waals surface area contributed by atoms with E-state index < -0.39 is 0 Å². The standard InChI is InChI=1S/C26H29ClN4O4/c27-22-3-1-2-21(15-22)25-28-31(26(33)30(25)16-24(32)14-20-17-35-18-20)23-6-4-19(5-7-23)8-9-29-10-12-34-13-11-29/h1-7,15,20H,8-14,16-18H2. The SMILES string of the molecule is O=C(CC1COC1)Cn1c(-c2cccc(Cl)c2)nn(-c2ccc(CCN3CCOCC3)cc2)c1=O. The van der Waals surface area contributed by atoms with Crippen LogP contribution >= 0.6 is 11.6 Å². The second kappa shape index (κ2) is 10.9. The Morgan fingerprint density at radius 3 is 2.51 bits per heavy atom. The van der Waals surface area contributed by atoms with Gasteiger partial charge in [0.05, 0.1) is 38.7 Å². The lowest BCUT2D eigenvalue weighted by Gasteiger charge is -2.26. The zero-order valence-electron chi connectivity index (χ0n) is 19.6. The summed E-state index contributed by atoms with van der Waals surface area (Å²) in [5.41, 5.74) is 2.20. The number of ether oxygens (including phenoxy) is 2. The molecule has 2 aliphatic rings. The van der Waals surface area contributed by atoms with Crippen molar-refractivity contribution in [2.24, 2.45) is 5.92 Å². The summed E-state index contributed by atoms with van der Waals surface area (Å²) in [7, 11) is 0. The van der Waals surface area contributed by atoms with Gasteiger partial charge in [0.1, 0.15) is 0 Å². The quantitative estimate of drug-likeness (QED) is 0.453. The minimum atomic E-state index is -0.348. The number of morpholine rings is 1. The largest absolute Gasteiger partial charge is 0.381 e. The molecule has 0 saturated carbocycles. The highest BCUT2D eigenvalue weighted by molar-refractivity contribution is 6.30. The highest BCUT2D eigenvalue weighted by Gasteiger charge is 2.24. The highest BCUT2D eigenvalue weighted by atomic mass is 35.5. The van der Waals surface area contributed by atoms with Gasteiger partial charge in [0.25, 0.3) is 0 Å². The molecule has 2 aromatic carbocycles. The van der Waals surface area contributed by atoms with Crippen molar-refractivity contribution in [3.8, 4) is 17.1 Å². The number of halogens is 1. The zero-order valence-corrected chi connectivity index (χ0v) is 20.3. The topological polar surface area (TPSA) is 78.6 Å². The van der Waals surface area contributed by atoms with Gasteiger partial charge in [0.2, 0.25) is 0 Å². The monoisotopic (exact) mass is 496 g/mol. The minimum Gasteiger partial charge on any atom is -0.381 e. The van der Waals surface area contributed by atoms with Gasteiger partial charge in [0, 0.05) is 42.6 Å². The predicted octanol–water partition coefficient (Wildman–Crippen LogP) is 2.83. The van der Waals surface area contributed by atoms with Crippen LogP contribution < -0.4 is 5.69 Å². The van der Waals surface area contributed by atoms with Crippen molar-refractivity contribution < 1.29 is 14.3 Å². The number of aromatic nitrogens is 3. The molecule has 0 unspecified atom stereocenters. The first-order chi connectivity index (χ1) is 17.1. The molecular weight excluding hydrogens is 468 g/mol. The Bertz CT molecular complexity index is 1230. The number of carbonyl (C=O) groups is 1. The fourth-order valence-electron chi connectivity index (χ4n) is 4.43. The molecule has 3 aromatic rings. The number of benzene rings is 2. The van der Waals surface area contributed by atoms with Crippen LogP contribution in [0.5, 0.6) is 0 Å².